The molecule has 0 bridgehead atoms. The number of hydrogen-bond donors (Lipinski definition) is 0. The summed E-state index contributed by atoms with van der Waals surface area (Å²) in [5, 5.41) is 9.19. The number of benzene rings is 1. The van der Waals surface area contributed by atoms with E-state index in [9.17, 15) is 0 Å². The van der Waals surface area contributed by atoms with Crippen LogP contribution in [0.4, 0.5) is 0 Å². The van der Waals surface area contributed by atoms with Gasteiger partial charge < -0.3 is 9.47 Å². The number of nitrogens with zero attached hydrogens (tertiary/aromatic N) is 2. The molecular formula is C10H8N2O2S. The Hall–Kier alpha value is -1.80. The molecule has 0 amide bonds. The fourth-order valence-corrected chi connectivity index (χ4v) is 2.20. The molecule has 0 saturated carbocycles. The Labute approximate surface area is 90.7 Å². The third kappa shape index (κ3) is 1.49. The Morgan fingerprint density at radius 3 is 2.53 bits per heavy atom. The molecular weight excluding hydrogens is 212 g/mol. The lowest BCUT2D eigenvalue weighted by Crippen LogP contribution is -1.87. The second kappa shape index (κ2) is 3.75. The minimum absolute atomic E-state index is 0.410. The molecule has 0 saturated heterocycles. The first-order valence-corrected chi connectivity index (χ1v) is 5.03. The highest BCUT2D eigenvalue weighted by Crippen LogP contribution is 2.36. The standard InChI is InChI=1S/C10H8N2O2S/c1-13-6-3-4-7(14-2)10-9(6)12-8(5-11)15-10/h3-4H,1-2H3. The van der Waals surface area contributed by atoms with E-state index in [4.69, 9.17) is 14.7 Å². The second-order valence-electron chi connectivity index (χ2n) is 2.78. The molecule has 5 heteroatoms. The van der Waals surface area contributed by atoms with Crippen LogP contribution in [0.15, 0.2) is 12.1 Å². The smallest absolute Gasteiger partial charge is 0.195 e. The van der Waals surface area contributed by atoms with E-state index in [-0.39, 0.29) is 0 Å². The first kappa shape index (κ1) is 9.74. The molecule has 1 aromatic carbocycles. The third-order valence-corrected chi connectivity index (χ3v) is 2.98. The predicted octanol–water partition coefficient (Wildman–Crippen LogP) is 2.19. The first-order chi connectivity index (χ1) is 7.30. The van der Waals surface area contributed by atoms with Gasteiger partial charge in [0.05, 0.1) is 14.2 Å². The van der Waals surface area contributed by atoms with Gasteiger partial charge >= 0.3 is 0 Å². The predicted molar refractivity (Wildman–Crippen MR) is 57.4 cm³/mol. The Morgan fingerprint density at radius 2 is 1.93 bits per heavy atom. The van der Waals surface area contributed by atoms with E-state index in [1.165, 1.54) is 11.3 Å². The highest BCUT2D eigenvalue weighted by atomic mass is 32.1. The van der Waals surface area contributed by atoms with Crippen molar-refractivity contribution in [1.82, 2.24) is 4.98 Å². The summed E-state index contributed by atoms with van der Waals surface area (Å²) in [5.41, 5.74) is 0.679. The van der Waals surface area contributed by atoms with E-state index >= 15 is 0 Å². The maximum atomic E-state index is 8.78. The van der Waals surface area contributed by atoms with Crippen LogP contribution in [0.5, 0.6) is 11.5 Å². The number of methoxy groups -OCH3 is 2. The van der Waals surface area contributed by atoms with Crippen LogP contribution in [-0.4, -0.2) is 19.2 Å². The molecule has 0 aliphatic rings. The summed E-state index contributed by atoms with van der Waals surface area (Å²) in [6, 6.07) is 5.60. The number of aromatic nitrogens is 1. The zero-order chi connectivity index (χ0) is 10.8. The van der Waals surface area contributed by atoms with Crippen LogP contribution < -0.4 is 9.47 Å². The molecule has 0 spiro atoms. The Morgan fingerprint density at radius 1 is 1.27 bits per heavy atom. The van der Waals surface area contributed by atoms with Gasteiger partial charge in [-0.1, -0.05) is 11.3 Å². The molecule has 0 unspecified atom stereocenters. The number of hydrogen-bond acceptors (Lipinski definition) is 5. The van der Waals surface area contributed by atoms with Crippen LogP contribution in [0.2, 0.25) is 0 Å². The van der Waals surface area contributed by atoms with Gasteiger partial charge in [0, 0.05) is 0 Å². The third-order valence-electron chi connectivity index (χ3n) is 2.01. The van der Waals surface area contributed by atoms with Gasteiger partial charge in [-0.3, -0.25) is 0 Å². The number of ether oxygens (including phenoxy) is 2. The molecule has 4 nitrogen and oxygen atoms in total. The van der Waals surface area contributed by atoms with Crippen LogP contribution in [0.1, 0.15) is 5.01 Å². The molecule has 0 atom stereocenters. The summed E-state index contributed by atoms with van der Waals surface area (Å²) in [4.78, 5) is 4.16. The highest BCUT2D eigenvalue weighted by Gasteiger charge is 2.12. The second-order valence-corrected chi connectivity index (χ2v) is 3.78. The van der Waals surface area contributed by atoms with Crippen LogP contribution in [0, 0.1) is 11.3 Å². The normalized spacial score (nSPS) is 9.93. The van der Waals surface area contributed by atoms with Gasteiger partial charge in [-0.2, -0.15) is 5.26 Å². The van der Waals surface area contributed by atoms with Crippen molar-refractivity contribution in [2.45, 2.75) is 0 Å². The minimum Gasteiger partial charge on any atom is -0.495 e. The average molecular weight is 220 g/mol. The number of rotatable bonds is 2. The lowest BCUT2D eigenvalue weighted by Gasteiger charge is -2.03. The Kier molecular flexibility index (Phi) is 2.44. The topological polar surface area (TPSA) is 55.1 Å². The molecule has 2 rings (SSSR count). The number of nitriles is 1. The van der Waals surface area contributed by atoms with Gasteiger partial charge in [-0.05, 0) is 12.1 Å². The van der Waals surface area contributed by atoms with Crippen molar-refractivity contribution >= 4 is 21.6 Å². The lowest BCUT2D eigenvalue weighted by atomic mass is 10.3. The van der Waals surface area contributed by atoms with Gasteiger partial charge in [-0.25, -0.2) is 4.98 Å². The Bertz CT molecular complexity index is 501. The molecule has 0 aliphatic carbocycles. The van der Waals surface area contributed by atoms with Crippen molar-refractivity contribution in [3.63, 3.8) is 0 Å². The lowest BCUT2D eigenvalue weighted by molar-refractivity contribution is 0.410. The van der Waals surface area contributed by atoms with Gasteiger partial charge in [0.2, 0.25) is 0 Å². The molecule has 15 heavy (non-hydrogen) atoms. The summed E-state index contributed by atoms with van der Waals surface area (Å²) in [6.07, 6.45) is 0. The van der Waals surface area contributed by atoms with Crippen LogP contribution in [-0.2, 0) is 0 Å². The molecule has 1 aromatic heterocycles. The monoisotopic (exact) mass is 220 g/mol. The van der Waals surface area contributed by atoms with Crippen molar-refractivity contribution < 1.29 is 9.47 Å². The van der Waals surface area contributed by atoms with E-state index in [0.29, 0.717) is 22.0 Å². The molecule has 76 valence electrons. The summed E-state index contributed by atoms with van der Waals surface area (Å²) in [6.45, 7) is 0. The SMILES string of the molecule is COc1ccc(OC)c2sc(C#N)nc12. The van der Waals surface area contributed by atoms with Crippen molar-refractivity contribution in [2.75, 3.05) is 14.2 Å². The maximum absolute atomic E-state index is 8.78. The van der Waals surface area contributed by atoms with E-state index < -0.39 is 0 Å². The van der Waals surface area contributed by atoms with E-state index in [1.807, 2.05) is 6.07 Å². The summed E-state index contributed by atoms with van der Waals surface area (Å²) in [5.74, 6) is 1.37. The molecule has 0 aliphatic heterocycles. The van der Waals surface area contributed by atoms with Gasteiger partial charge in [-0.15, -0.1) is 0 Å². The summed E-state index contributed by atoms with van der Waals surface area (Å²) < 4.78 is 11.2. The highest BCUT2D eigenvalue weighted by molar-refractivity contribution is 7.19. The summed E-state index contributed by atoms with van der Waals surface area (Å²) in [7, 11) is 3.17. The van der Waals surface area contributed by atoms with Crippen LogP contribution >= 0.6 is 11.3 Å². The van der Waals surface area contributed by atoms with Crippen molar-refractivity contribution in [2.24, 2.45) is 0 Å². The molecule has 0 fully saturated rings. The van der Waals surface area contributed by atoms with Crippen LogP contribution in [0.3, 0.4) is 0 Å². The maximum Gasteiger partial charge on any atom is 0.195 e. The Balaban J connectivity index is 2.78. The van der Waals surface area contributed by atoms with E-state index in [0.717, 1.165) is 4.70 Å². The fourth-order valence-electron chi connectivity index (χ4n) is 1.33. The zero-order valence-corrected chi connectivity index (χ0v) is 9.09. The first-order valence-electron chi connectivity index (χ1n) is 4.21. The van der Waals surface area contributed by atoms with E-state index in [1.54, 1.807) is 26.4 Å². The van der Waals surface area contributed by atoms with Crippen molar-refractivity contribution in [3.05, 3.63) is 17.1 Å². The average Bonchev–Trinajstić information content (AvgIpc) is 2.71. The summed E-state index contributed by atoms with van der Waals surface area (Å²) >= 11 is 1.30. The van der Waals surface area contributed by atoms with Gasteiger partial charge in [0.1, 0.15) is 27.8 Å². The van der Waals surface area contributed by atoms with Crippen LogP contribution in [0.25, 0.3) is 10.2 Å². The zero-order valence-electron chi connectivity index (χ0n) is 8.27. The van der Waals surface area contributed by atoms with Gasteiger partial charge in [0.25, 0.3) is 0 Å². The van der Waals surface area contributed by atoms with E-state index in [2.05, 4.69) is 4.98 Å². The molecule has 2 aromatic rings. The number of thiazole rings is 1. The number of fused-ring (bicyclic) bond motifs is 1. The van der Waals surface area contributed by atoms with Crippen molar-refractivity contribution in [3.8, 4) is 17.6 Å². The largest absolute Gasteiger partial charge is 0.495 e. The fraction of sp³-hybridized carbons (Fsp3) is 0.200. The molecule has 0 radical (unpaired) electrons. The van der Waals surface area contributed by atoms with Gasteiger partial charge in [0.15, 0.2) is 5.01 Å². The molecule has 0 N–H and O–H groups in total. The quantitative estimate of drug-likeness (QED) is 0.778. The minimum atomic E-state index is 0.410. The molecule has 1 heterocycles. The van der Waals surface area contributed by atoms with Crippen molar-refractivity contribution in [1.29, 1.82) is 5.26 Å².